The van der Waals surface area contributed by atoms with Crippen LogP contribution in [-0.4, -0.2) is 5.78 Å². The Labute approximate surface area is 109 Å². The van der Waals surface area contributed by atoms with Gasteiger partial charge in [-0.05, 0) is 43.9 Å². The Morgan fingerprint density at radius 3 is 2.47 bits per heavy atom. The third kappa shape index (κ3) is 4.16. The number of hydrogen-bond acceptors (Lipinski definition) is 1. The molecule has 0 saturated carbocycles. The molecule has 1 aromatic carbocycles. The van der Waals surface area contributed by atoms with Crippen LogP contribution in [0.4, 0.5) is 0 Å². The Bertz CT molecular complexity index is 373. The van der Waals surface area contributed by atoms with Crippen LogP contribution < -0.4 is 0 Å². The summed E-state index contributed by atoms with van der Waals surface area (Å²) in [7, 11) is 0. The molecule has 0 aliphatic rings. The van der Waals surface area contributed by atoms with Crippen LogP contribution in [0.3, 0.4) is 0 Å². The van der Waals surface area contributed by atoms with Crippen molar-refractivity contribution in [1.82, 2.24) is 0 Å². The fraction of sp³-hybridized carbons (Fsp3) is 0.533. The lowest BCUT2D eigenvalue weighted by molar-refractivity contribution is 0.101. The summed E-state index contributed by atoms with van der Waals surface area (Å²) < 4.78 is 0. The molecule has 1 aromatic rings. The van der Waals surface area contributed by atoms with Crippen molar-refractivity contribution in [2.75, 3.05) is 0 Å². The minimum atomic E-state index is 0.0463. The van der Waals surface area contributed by atoms with Gasteiger partial charge in [0.25, 0.3) is 0 Å². The largest absolute Gasteiger partial charge is 0.294 e. The summed E-state index contributed by atoms with van der Waals surface area (Å²) in [5, 5.41) is 0.600. The first-order valence-corrected chi connectivity index (χ1v) is 6.74. The van der Waals surface area contributed by atoms with Crippen LogP contribution in [-0.2, 0) is 6.42 Å². The third-order valence-corrected chi connectivity index (χ3v) is 3.32. The molecule has 17 heavy (non-hydrogen) atoms. The zero-order valence-corrected chi connectivity index (χ0v) is 11.7. The summed E-state index contributed by atoms with van der Waals surface area (Å²) in [6.45, 7) is 5.73. The van der Waals surface area contributed by atoms with E-state index in [1.165, 1.54) is 31.2 Å². The van der Waals surface area contributed by atoms with Crippen LogP contribution >= 0.6 is 11.6 Å². The topological polar surface area (TPSA) is 17.1 Å². The van der Waals surface area contributed by atoms with E-state index in [4.69, 9.17) is 11.6 Å². The number of hydrogen-bond donors (Lipinski definition) is 0. The quantitative estimate of drug-likeness (QED) is 0.516. The van der Waals surface area contributed by atoms with Crippen LogP contribution in [0.1, 0.15) is 61.0 Å². The maximum Gasteiger partial charge on any atom is 0.161 e. The van der Waals surface area contributed by atoms with Gasteiger partial charge in [-0.25, -0.2) is 0 Å². The van der Waals surface area contributed by atoms with Gasteiger partial charge < -0.3 is 0 Å². The van der Waals surface area contributed by atoms with E-state index < -0.39 is 0 Å². The zero-order chi connectivity index (χ0) is 12.8. The molecule has 0 radical (unpaired) electrons. The molecule has 0 N–H and O–H groups in total. The number of aryl methyl sites for hydroxylation is 2. The van der Waals surface area contributed by atoms with Gasteiger partial charge in [0.15, 0.2) is 5.78 Å². The molecule has 0 unspecified atom stereocenters. The number of ketones is 1. The second kappa shape index (κ2) is 6.80. The number of benzene rings is 1. The fourth-order valence-corrected chi connectivity index (χ4v) is 2.58. The number of unbranched alkanes of at least 4 members (excludes halogenated alkanes) is 3. The van der Waals surface area contributed by atoms with Gasteiger partial charge in [-0.15, -0.1) is 0 Å². The average molecular weight is 253 g/mol. The molecule has 0 spiro atoms. The lowest BCUT2D eigenvalue weighted by Gasteiger charge is -2.09. The van der Waals surface area contributed by atoms with E-state index in [1.807, 2.05) is 13.0 Å². The molecule has 94 valence electrons. The van der Waals surface area contributed by atoms with Gasteiger partial charge in [0.1, 0.15) is 0 Å². The maximum absolute atomic E-state index is 11.4. The second-order valence-electron chi connectivity index (χ2n) is 4.64. The maximum atomic E-state index is 11.4. The van der Waals surface area contributed by atoms with Gasteiger partial charge in [0.05, 0.1) is 5.02 Å². The minimum absolute atomic E-state index is 0.0463. The normalized spacial score (nSPS) is 10.6. The molecule has 0 bridgehead atoms. The van der Waals surface area contributed by atoms with E-state index in [9.17, 15) is 4.79 Å². The molecule has 0 aromatic heterocycles. The Balaban J connectivity index is 2.73. The predicted octanol–water partition coefficient (Wildman–Crippen LogP) is 4.97. The SMILES string of the molecule is CCCCCCc1cc(C)c(C(C)=O)c(Cl)c1. The van der Waals surface area contributed by atoms with Crippen molar-refractivity contribution in [1.29, 1.82) is 0 Å². The van der Waals surface area contributed by atoms with Crippen molar-refractivity contribution < 1.29 is 4.79 Å². The molecule has 0 fully saturated rings. The predicted molar refractivity (Wildman–Crippen MR) is 74.0 cm³/mol. The number of Topliss-reactive ketones (excluding diaryl/α,β-unsaturated/α-hetero) is 1. The van der Waals surface area contributed by atoms with Crippen molar-refractivity contribution in [3.8, 4) is 0 Å². The van der Waals surface area contributed by atoms with E-state index in [2.05, 4.69) is 13.0 Å². The summed E-state index contributed by atoms with van der Waals surface area (Å²) in [6.07, 6.45) is 6.06. The first kappa shape index (κ1) is 14.2. The van der Waals surface area contributed by atoms with Gasteiger partial charge in [-0.1, -0.05) is 43.9 Å². The molecule has 0 atom stereocenters. The molecule has 0 saturated heterocycles. The monoisotopic (exact) mass is 252 g/mol. The highest BCUT2D eigenvalue weighted by Gasteiger charge is 2.10. The smallest absolute Gasteiger partial charge is 0.161 e. The molecule has 2 heteroatoms. The standard InChI is InChI=1S/C15H21ClO/c1-4-5-6-7-8-13-9-11(2)15(12(3)17)14(16)10-13/h9-10H,4-8H2,1-3H3. The molecule has 1 nitrogen and oxygen atoms in total. The van der Waals surface area contributed by atoms with Crippen molar-refractivity contribution in [3.05, 3.63) is 33.8 Å². The Hall–Kier alpha value is -0.820. The van der Waals surface area contributed by atoms with E-state index in [-0.39, 0.29) is 5.78 Å². The Morgan fingerprint density at radius 2 is 1.94 bits per heavy atom. The van der Waals surface area contributed by atoms with E-state index in [1.54, 1.807) is 6.92 Å². The summed E-state index contributed by atoms with van der Waals surface area (Å²) >= 11 is 6.15. The molecule has 0 aliphatic heterocycles. The van der Waals surface area contributed by atoms with E-state index in [0.717, 1.165) is 12.0 Å². The first-order chi connectivity index (χ1) is 8.06. The van der Waals surface area contributed by atoms with Crippen molar-refractivity contribution in [2.24, 2.45) is 0 Å². The number of carbonyl (C=O) groups is 1. The number of rotatable bonds is 6. The van der Waals surface area contributed by atoms with Crippen LogP contribution in [0.25, 0.3) is 0 Å². The van der Waals surface area contributed by atoms with Crippen LogP contribution in [0, 0.1) is 6.92 Å². The summed E-state index contributed by atoms with van der Waals surface area (Å²) in [5.41, 5.74) is 2.91. The Morgan fingerprint density at radius 1 is 1.24 bits per heavy atom. The zero-order valence-electron chi connectivity index (χ0n) is 11.0. The number of halogens is 1. The van der Waals surface area contributed by atoms with Gasteiger partial charge >= 0.3 is 0 Å². The lowest BCUT2D eigenvalue weighted by atomic mass is 9.99. The van der Waals surface area contributed by atoms with Crippen LogP contribution in [0.5, 0.6) is 0 Å². The lowest BCUT2D eigenvalue weighted by Crippen LogP contribution is -1.99. The second-order valence-corrected chi connectivity index (χ2v) is 5.04. The van der Waals surface area contributed by atoms with Gasteiger partial charge in [0.2, 0.25) is 0 Å². The summed E-state index contributed by atoms with van der Waals surface area (Å²) in [4.78, 5) is 11.4. The van der Waals surface area contributed by atoms with E-state index in [0.29, 0.717) is 10.6 Å². The van der Waals surface area contributed by atoms with Crippen molar-refractivity contribution >= 4 is 17.4 Å². The molecular weight excluding hydrogens is 232 g/mol. The average Bonchev–Trinajstić information content (AvgIpc) is 2.23. The number of carbonyl (C=O) groups excluding carboxylic acids is 1. The van der Waals surface area contributed by atoms with Gasteiger partial charge in [-0.2, -0.15) is 0 Å². The van der Waals surface area contributed by atoms with Crippen LogP contribution in [0.2, 0.25) is 5.02 Å². The molecule has 0 heterocycles. The third-order valence-electron chi connectivity index (χ3n) is 3.02. The highest BCUT2D eigenvalue weighted by molar-refractivity contribution is 6.34. The van der Waals surface area contributed by atoms with Crippen LogP contribution in [0.15, 0.2) is 12.1 Å². The highest BCUT2D eigenvalue weighted by Crippen LogP contribution is 2.23. The highest BCUT2D eigenvalue weighted by atomic mass is 35.5. The minimum Gasteiger partial charge on any atom is -0.294 e. The molecule has 1 rings (SSSR count). The first-order valence-electron chi connectivity index (χ1n) is 6.36. The van der Waals surface area contributed by atoms with Gasteiger partial charge in [-0.3, -0.25) is 4.79 Å². The summed E-state index contributed by atoms with van der Waals surface area (Å²) in [6, 6.07) is 4.03. The fourth-order valence-electron chi connectivity index (χ4n) is 2.16. The van der Waals surface area contributed by atoms with Crippen molar-refractivity contribution in [3.63, 3.8) is 0 Å². The van der Waals surface area contributed by atoms with Gasteiger partial charge in [0, 0.05) is 5.56 Å². The van der Waals surface area contributed by atoms with E-state index >= 15 is 0 Å². The summed E-state index contributed by atoms with van der Waals surface area (Å²) in [5.74, 6) is 0.0463. The molecular formula is C15H21ClO. The van der Waals surface area contributed by atoms with Crippen molar-refractivity contribution in [2.45, 2.75) is 52.9 Å². The molecule has 0 aliphatic carbocycles. The molecule has 0 amide bonds. The Kier molecular flexibility index (Phi) is 5.70.